The van der Waals surface area contributed by atoms with Crippen LogP contribution in [0.25, 0.3) is 6.08 Å². The Labute approximate surface area is 111 Å². The van der Waals surface area contributed by atoms with Gasteiger partial charge < -0.3 is 4.74 Å². The third-order valence-corrected chi connectivity index (χ3v) is 3.77. The molecule has 0 N–H and O–H groups in total. The highest BCUT2D eigenvalue weighted by Crippen LogP contribution is 2.43. The van der Waals surface area contributed by atoms with Gasteiger partial charge in [-0.3, -0.25) is 0 Å². The maximum atomic E-state index is 6.21. The van der Waals surface area contributed by atoms with Gasteiger partial charge in [0.25, 0.3) is 0 Å². The standard InChI is InChI=1S/C17H24O/c1-5-17(11-12-17)18-16-8-6-7-15(14(16)4)10-9-13(2)3/h6-10,13H,5,11-12H2,1-4H3/b10-9-. The SMILES string of the molecule is CCC1(Oc2cccc(/C=C\C(C)C)c2C)CC1. The molecule has 0 bridgehead atoms. The van der Waals surface area contributed by atoms with Crippen molar-refractivity contribution in [2.45, 2.75) is 52.6 Å². The number of hydrogen-bond donors (Lipinski definition) is 0. The summed E-state index contributed by atoms with van der Waals surface area (Å²) in [5.41, 5.74) is 2.67. The molecule has 1 aromatic carbocycles. The van der Waals surface area contributed by atoms with Crippen molar-refractivity contribution in [3.8, 4) is 5.75 Å². The molecule has 0 aliphatic heterocycles. The van der Waals surface area contributed by atoms with Crippen LogP contribution in [0.15, 0.2) is 24.3 Å². The first kappa shape index (κ1) is 13.2. The minimum absolute atomic E-state index is 0.144. The van der Waals surface area contributed by atoms with Crippen LogP contribution >= 0.6 is 0 Å². The van der Waals surface area contributed by atoms with Crippen LogP contribution in [0.3, 0.4) is 0 Å². The van der Waals surface area contributed by atoms with E-state index in [-0.39, 0.29) is 5.60 Å². The highest BCUT2D eigenvalue weighted by atomic mass is 16.5. The Balaban J connectivity index is 2.19. The lowest BCUT2D eigenvalue weighted by Crippen LogP contribution is -2.17. The van der Waals surface area contributed by atoms with E-state index in [2.05, 4.69) is 58.0 Å². The third kappa shape index (κ3) is 2.95. The molecule has 0 saturated heterocycles. The van der Waals surface area contributed by atoms with E-state index in [1.165, 1.54) is 24.0 Å². The largest absolute Gasteiger partial charge is 0.487 e. The van der Waals surface area contributed by atoms with Crippen LogP contribution in [0.2, 0.25) is 0 Å². The summed E-state index contributed by atoms with van der Waals surface area (Å²) in [6.07, 6.45) is 7.96. The van der Waals surface area contributed by atoms with Crippen molar-refractivity contribution in [3.63, 3.8) is 0 Å². The first-order chi connectivity index (χ1) is 8.56. The molecule has 0 unspecified atom stereocenters. The summed E-state index contributed by atoms with van der Waals surface area (Å²) in [6, 6.07) is 6.35. The number of allylic oxidation sites excluding steroid dienone is 1. The first-order valence-electron chi connectivity index (χ1n) is 7.03. The van der Waals surface area contributed by atoms with Gasteiger partial charge in [-0.2, -0.15) is 0 Å². The average Bonchev–Trinajstić information content (AvgIpc) is 3.11. The number of rotatable bonds is 5. The van der Waals surface area contributed by atoms with Gasteiger partial charge >= 0.3 is 0 Å². The highest BCUT2D eigenvalue weighted by molar-refractivity contribution is 5.57. The molecule has 2 rings (SSSR count). The quantitative estimate of drug-likeness (QED) is 0.709. The van der Waals surface area contributed by atoms with Crippen LogP contribution in [0.5, 0.6) is 5.75 Å². The molecule has 0 spiro atoms. The fraction of sp³-hybridized carbons (Fsp3) is 0.529. The first-order valence-corrected chi connectivity index (χ1v) is 7.03. The van der Waals surface area contributed by atoms with E-state index < -0.39 is 0 Å². The predicted octanol–water partition coefficient (Wildman–Crippen LogP) is 4.99. The van der Waals surface area contributed by atoms with Crippen LogP contribution < -0.4 is 4.74 Å². The topological polar surface area (TPSA) is 9.23 Å². The predicted molar refractivity (Wildman–Crippen MR) is 77.9 cm³/mol. The summed E-state index contributed by atoms with van der Waals surface area (Å²) in [5, 5.41) is 0. The third-order valence-electron chi connectivity index (χ3n) is 3.77. The van der Waals surface area contributed by atoms with Gasteiger partial charge in [-0.15, -0.1) is 0 Å². The van der Waals surface area contributed by atoms with E-state index in [0.29, 0.717) is 5.92 Å². The van der Waals surface area contributed by atoms with Gasteiger partial charge in [-0.1, -0.05) is 45.1 Å². The second kappa shape index (κ2) is 5.17. The van der Waals surface area contributed by atoms with Gasteiger partial charge in [0.15, 0.2) is 0 Å². The van der Waals surface area contributed by atoms with E-state index in [9.17, 15) is 0 Å². The molecule has 1 aliphatic carbocycles. The van der Waals surface area contributed by atoms with Gasteiger partial charge in [0, 0.05) is 0 Å². The minimum atomic E-state index is 0.144. The summed E-state index contributed by atoms with van der Waals surface area (Å²) >= 11 is 0. The van der Waals surface area contributed by atoms with Gasteiger partial charge in [0.05, 0.1) is 0 Å². The Morgan fingerprint density at radius 3 is 2.61 bits per heavy atom. The Kier molecular flexibility index (Phi) is 3.79. The zero-order valence-electron chi connectivity index (χ0n) is 12.0. The second-order valence-corrected chi connectivity index (χ2v) is 5.71. The Bertz CT molecular complexity index is 439. The maximum Gasteiger partial charge on any atom is 0.123 e. The molecule has 98 valence electrons. The van der Waals surface area contributed by atoms with Gasteiger partial charge in [-0.25, -0.2) is 0 Å². The molecule has 0 amide bonds. The van der Waals surface area contributed by atoms with Crippen molar-refractivity contribution < 1.29 is 4.74 Å². The van der Waals surface area contributed by atoms with Crippen molar-refractivity contribution >= 4 is 6.08 Å². The summed E-state index contributed by atoms with van der Waals surface area (Å²) in [5.74, 6) is 1.64. The fourth-order valence-electron chi connectivity index (χ4n) is 2.12. The van der Waals surface area contributed by atoms with E-state index in [1.54, 1.807) is 0 Å². The second-order valence-electron chi connectivity index (χ2n) is 5.71. The molecule has 0 heterocycles. The van der Waals surface area contributed by atoms with Crippen LogP contribution in [-0.2, 0) is 0 Å². The molecule has 0 radical (unpaired) electrons. The highest BCUT2D eigenvalue weighted by Gasteiger charge is 2.43. The summed E-state index contributed by atoms with van der Waals surface area (Å²) in [6.45, 7) is 8.76. The number of benzene rings is 1. The molecular formula is C17H24O. The normalized spacial score (nSPS) is 17.4. The van der Waals surface area contributed by atoms with Crippen molar-refractivity contribution in [1.82, 2.24) is 0 Å². The zero-order chi connectivity index (χ0) is 13.2. The van der Waals surface area contributed by atoms with Crippen LogP contribution in [0.4, 0.5) is 0 Å². The lowest BCUT2D eigenvalue weighted by molar-refractivity contribution is 0.173. The number of hydrogen-bond acceptors (Lipinski definition) is 1. The van der Waals surface area contributed by atoms with E-state index in [0.717, 1.165) is 12.2 Å². The molecule has 1 aliphatic rings. The Morgan fingerprint density at radius 2 is 2.06 bits per heavy atom. The molecular weight excluding hydrogens is 220 g/mol. The monoisotopic (exact) mass is 244 g/mol. The van der Waals surface area contributed by atoms with Crippen LogP contribution in [-0.4, -0.2) is 5.60 Å². The molecule has 1 heteroatoms. The zero-order valence-corrected chi connectivity index (χ0v) is 12.0. The number of ether oxygens (including phenoxy) is 1. The molecule has 18 heavy (non-hydrogen) atoms. The summed E-state index contributed by atoms with van der Waals surface area (Å²) in [4.78, 5) is 0. The lowest BCUT2D eigenvalue weighted by Gasteiger charge is -2.18. The van der Waals surface area contributed by atoms with E-state index >= 15 is 0 Å². The van der Waals surface area contributed by atoms with Crippen LogP contribution in [0, 0.1) is 12.8 Å². The molecule has 0 atom stereocenters. The Hall–Kier alpha value is -1.24. The van der Waals surface area contributed by atoms with Crippen molar-refractivity contribution in [3.05, 3.63) is 35.4 Å². The van der Waals surface area contributed by atoms with E-state index in [1.807, 2.05) is 0 Å². The van der Waals surface area contributed by atoms with Crippen LogP contribution in [0.1, 0.15) is 51.2 Å². The average molecular weight is 244 g/mol. The van der Waals surface area contributed by atoms with E-state index in [4.69, 9.17) is 4.74 Å². The minimum Gasteiger partial charge on any atom is -0.487 e. The molecule has 1 nitrogen and oxygen atoms in total. The molecule has 1 fully saturated rings. The van der Waals surface area contributed by atoms with Crippen molar-refractivity contribution in [1.29, 1.82) is 0 Å². The lowest BCUT2D eigenvalue weighted by atomic mass is 10.1. The van der Waals surface area contributed by atoms with Gasteiger partial charge in [0.2, 0.25) is 0 Å². The maximum absolute atomic E-state index is 6.21. The summed E-state index contributed by atoms with van der Waals surface area (Å²) < 4.78 is 6.21. The van der Waals surface area contributed by atoms with Gasteiger partial charge in [0.1, 0.15) is 11.4 Å². The van der Waals surface area contributed by atoms with Crippen molar-refractivity contribution in [2.24, 2.45) is 5.92 Å². The Morgan fingerprint density at radius 1 is 1.33 bits per heavy atom. The molecule has 0 aromatic heterocycles. The molecule has 1 aromatic rings. The summed E-state index contributed by atoms with van der Waals surface area (Å²) in [7, 11) is 0. The van der Waals surface area contributed by atoms with Gasteiger partial charge in [-0.05, 0) is 49.3 Å². The fourth-order valence-corrected chi connectivity index (χ4v) is 2.12. The van der Waals surface area contributed by atoms with Crippen molar-refractivity contribution in [2.75, 3.05) is 0 Å². The smallest absolute Gasteiger partial charge is 0.123 e. The molecule has 1 saturated carbocycles.